The molecule has 1 atom stereocenters. The first-order valence-electron chi connectivity index (χ1n) is 5.44. The second-order valence-electron chi connectivity index (χ2n) is 4.07. The van der Waals surface area contributed by atoms with Crippen molar-refractivity contribution in [2.45, 2.75) is 38.6 Å². The lowest BCUT2D eigenvalue weighted by atomic mass is 10.0. The van der Waals surface area contributed by atoms with Gasteiger partial charge in [-0.2, -0.15) is 0 Å². The number of nitrogens with zero attached hydrogens (tertiary/aromatic N) is 1. The smallest absolute Gasteiger partial charge is 0.192 e. The zero-order valence-electron chi connectivity index (χ0n) is 8.95. The molecule has 0 aliphatic carbocycles. The molecule has 0 bridgehead atoms. The minimum absolute atomic E-state index is 0.188. The second-order valence-corrected chi connectivity index (χ2v) is 4.93. The van der Waals surface area contributed by atoms with Crippen molar-refractivity contribution in [3.05, 3.63) is 16.1 Å². The average molecular weight is 224 g/mol. The van der Waals surface area contributed by atoms with Gasteiger partial charge in [0, 0.05) is 23.5 Å². The molecule has 0 amide bonds. The van der Waals surface area contributed by atoms with Gasteiger partial charge in [-0.25, -0.2) is 4.98 Å². The molecule has 2 heterocycles. The number of hydrogen-bond acceptors (Lipinski definition) is 4. The van der Waals surface area contributed by atoms with Gasteiger partial charge in [0.1, 0.15) is 0 Å². The quantitative estimate of drug-likeness (QED) is 0.800. The van der Waals surface area contributed by atoms with Crippen molar-refractivity contribution < 1.29 is 4.79 Å². The van der Waals surface area contributed by atoms with Crippen LogP contribution in [0.2, 0.25) is 0 Å². The fourth-order valence-electron chi connectivity index (χ4n) is 1.89. The highest BCUT2D eigenvalue weighted by atomic mass is 32.1. The van der Waals surface area contributed by atoms with E-state index in [-0.39, 0.29) is 5.78 Å². The van der Waals surface area contributed by atoms with E-state index < -0.39 is 0 Å². The van der Waals surface area contributed by atoms with Gasteiger partial charge < -0.3 is 5.32 Å². The Labute approximate surface area is 93.9 Å². The van der Waals surface area contributed by atoms with Crippen LogP contribution in [0.25, 0.3) is 0 Å². The third kappa shape index (κ3) is 2.86. The molecule has 0 saturated carbocycles. The average Bonchev–Trinajstić information content (AvgIpc) is 2.66. The molecule has 1 aromatic heterocycles. The van der Waals surface area contributed by atoms with Gasteiger partial charge in [-0.1, -0.05) is 6.42 Å². The zero-order chi connectivity index (χ0) is 10.7. The lowest BCUT2D eigenvalue weighted by molar-refractivity contribution is 0.0963. The Kier molecular flexibility index (Phi) is 3.49. The van der Waals surface area contributed by atoms with Crippen LogP contribution in [0.1, 0.15) is 41.2 Å². The van der Waals surface area contributed by atoms with Gasteiger partial charge in [0.2, 0.25) is 0 Å². The van der Waals surface area contributed by atoms with Crippen molar-refractivity contribution in [3.63, 3.8) is 0 Å². The van der Waals surface area contributed by atoms with E-state index in [0.717, 1.165) is 18.7 Å². The standard InChI is InChI=1S/C11H16N2OS/c1-8-7-15-11(13-8)10(14)6-9-4-2-3-5-12-9/h7,9,12H,2-6H2,1H3. The first kappa shape index (κ1) is 10.8. The van der Waals surface area contributed by atoms with E-state index in [9.17, 15) is 4.79 Å². The van der Waals surface area contributed by atoms with Crippen molar-refractivity contribution in [3.8, 4) is 0 Å². The summed E-state index contributed by atoms with van der Waals surface area (Å²) >= 11 is 1.46. The highest BCUT2D eigenvalue weighted by Gasteiger charge is 2.18. The summed E-state index contributed by atoms with van der Waals surface area (Å²) < 4.78 is 0. The van der Waals surface area contributed by atoms with Gasteiger partial charge in [-0.3, -0.25) is 4.79 Å². The Balaban J connectivity index is 1.91. The van der Waals surface area contributed by atoms with E-state index in [1.165, 1.54) is 24.2 Å². The normalized spacial score (nSPS) is 21.5. The summed E-state index contributed by atoms with van der Waals surface area (Å²) in [5.74, 6) is 0.188. The SMILES string of the molecule is Cc1csc(C(=O)CC2CCCCN2)n1. The molecule has 3 nitrogen and oxygen atoms in total. The van der Waals surface area contributed by atoms with E-state index >= 15 is 0 Å². The molecule has 1 saturated heterocycles. The molecule has 4 heteroatoms. The molecule has 0 aromatic carbocycles. The van der Waals surface area contributed by atoms with Gasteiger partial charge in [0.25, 0.3) is 0 Å². The fraction of sp³-hybridized carbons (Fsp3) is 0.636. The van der Waals surface area contributed by atoms with E-state index in [2.05, 4.69) is 10.3 Å². The summed E-state index contributed by atoms with van der Waals surface area (Å²) in [5, 5.41) is 5.98. The first-order chi connectivity index (χ1) is 7.25. The van der Waals surface area contributed by atoms with Crippen LogP contribution in [0.3, 0.4) is 0 Å². The molecule has 0 spiro atoms. The molecule has 1 aliphatic rings. The van der Waals surface area contributed by atoms with Crippen LogP contribution in [-0.2, 0) is 0 Å². The lowest BCUT2D eigenvalue weighted by Gasteiger charge is -2.22. The Hall–Kier alpha value is -0.740. The summed E-state index contributed by atoms with van der Waals surface area (Å²) in [6.07, 6.45) is 4.20. The first-order valence-corrected chi connectivity index (χ1v) is 6.32. The summed E-state index contributed by atoms with van der Waals surface area (Å²) in [7, 11) is 0. The fourth-order valence-corrected chi connectivity index (χ4v) is 2.64. The number of carbonyl (C=O) groups is 1. The third-order valence-electron chi connectivity index (χ3n) is 2.70. The van der Waals surface area contributed by atoms with Gasteiger partial charge in [-0.05, 0) is 26.3 Å². The number of ketones is 1. The topological polar surface area (TPSA) is 42.0 Å². The van der Waals surface area contributed by atoms with Crippen LogP contribution >= 0.6 is 11.3 Å². The number of Topliss-reactive ketones (excluding diaryl/α,β-unsaturated/α-hetero) is 1. The van der Waals surface area contributed by atoms with Crippen LogP contribution in [0, 0.1) is 6.92 Å². The van der Waals surface area contributed by atoms with Crippen LogP contribution in [0.4, 0.5) is 0 Å². The Bertz CT molecular complexity index is 342. The summed E-state index contributed by atoms with van der Waals surface area (Å²) in [5.41, 5.74) is 0.944. The van der Waals surface area contributed by atoms with E-state index in [1.54, 1.807) is 0 Å². The molecule has 1 N–H and O–H groups in total. The molecule has 2 rings (SSSR count). The van der Waals surface area contributed by atoms with E-state index in [1.807, 2.05) is 12.3 Å². The van der Waals surface area contributed by atoms with Crippen molar-refractivity contribution in [1.82, 2.24) is 10.3 Å². The predicted molar refractivity (Wildman–Crippen MR) is 61.4 cm³/mol. The maximum Gasteiger partial charge on any atom is 0.192 e. The Morgan fingerprint density at radius 2 is 2.53 bits per heavy atom. The highest BCUT2D eigenvalue weighted by Crippen LogP contribution is 2.16. The van der Waals surface area contributed by atoms with Gasteiger partial charge in [0.15, 0.2) is 10.8 Å². The van der Waals surface area contributed by atoms with Crippen molar-refractivity contribution >= 4 is 17.1 Å². The number of rotatable bonds is 3. The van der Waals surface area contributed by atoms with Gasteiger partial charge in [-0.15, -0.1) is 11.3 Å². The lowest BCUT2D eigenvalue weighted by Crippen LogP contribution is -2.35. The number of aromatic nitrogens is 1. The number of piperidine rings is 1. The molecule has 1 aliphatic heterocycles. The Morgan fingerprint density at radius 3 is 3.13 bits per heavy atom. The monoisotopic (exact) mass is 224 g/mol. The summed E-state index contributed by atoms with van der Waals surface area (Å²) in [6, 6.07) is 0.371. The largest absolute Gasteiger partial charge is 0.314 e. The molecule has 0 radical (unpaired) electrons. The van der Waals surface area contributed by atoms with Crippen LogP contribution in [0.15, 0.2) is 5.38 Å². The number of nitrogens with one attached hydrogen (secondary N) is 1. The molecule has 1 unspecified atom stereocenters. The van der Waals surface area contributed by atoms with Gasteiger partial charge in [0.05, 0.1) is 0 Å². The number of thiazole rings is 1. The van der Waals surface area contributed by atoms with Crippen LogP contribution < -0.4 is 5.32 Å². The van der Waals surface area contributed by atoms with Crippen molar-refractivity contribution in [2.75, 3.05) is 6.54 Å². The molecular weight excluding hydrogens is 208 g/mol. The highest BCUT2D eigenvalue weighted by molar-refractivity contribution is 7.11. The minimum Gasteiger partial charge on any atom is -0.314 e. The van der Waals surface area contributed by atoms with E-state index in [4.69, 9.17) is 0 Å². The summed E-state index contributed by atoms with van der Waals surface area (Å²) in [4.78, 5) is 16.1. The predicted octanol–water partition coefficient (Wildman–Crippen LogP) is 2.17. The summed E-state index contributed by atoms with van der Waals surface area (Å²) in [6.45, 7) is 2.97. The second kappa shape index (κ2) is 4.86. The zero-order valence-corrected chi connectivity index (χ0v) is 9.77. The minimum atomic E-state index is 0.188. The van der Waals surface area contributed by atoms with Crippen LogP contribution in [0.5, 0.6) is 0 Å². The third-order valence-corrected chi connectivity index (χ3v) is 3.70. The number of hydrogen-bond donors (Lipinski definition) is 1. The molecule has 15 heavy (non-hydrogen) atoms. The molecular formula is C11H16N2OS. The molecule has 82 valence electrons. The van der Waals surface area contributed by atoms with E-state index in [0.29, 0.717) is 17.5 Å². The molecule has 1 fully saturated rings. The number of carbonyl (C=O) groups excluding carboxylic acids is 1. The van der Waals surface area contributed by atoms with Gasteiger partial charge >= 0.3 is 0 Å². The maximum atomic E-state index is 11.8. The maximum absolute atomic E-state index is 11.8. The van der Waals surface area contributed by atoms with Crippen LogP contribution in [-0.4, -0.2) is 23.4 Å². The Morgan fingerprint density at radius 1 is 1.67 bits per heavy atom. The van der Waals surface area contributed by atoms with Crippen molar-refractivity contribution in [2.24, 2.45) is 0 Å². The number of aryl methyl sites for hydroxylation is 1. The molecule has 1 aromatic rings. The van der Waals surface area contributed by atoms with Crippen molar-refractivity contribution in [1.29, 1.82) is 0 Å².